The topological polar surface area (TPSA) is 69.7 Å². The quantitative estimate of drug-likeness (QED) is 0.388. The molecule has 4 aromatic rings. The van der Waals surface area contributed by atoms with Crippen LogP contribution in [0.3, 0.4) is 0 Å². The number of nitrogens with one attached hydrogen (secondary N) is 1. The van der Waals surface area contributed by atoms with Crippen LogP contribution in [0.25, 0.3) is 11.1 Å². The number of hydrogen-bond donors (Lipinski definition) is 1. The largest absolute Gasteiger partial charge is 0.357 e. The van der Waals surface area contributed by atoms with Gasteiger partial charge in [0.25, 0.3) is 11.8 Å². The Balaban J connectivity index is 1.21. The Labute approximate surface area is 221 Å². The van der Waals surface area contributed by atoms with Gasteiger partial charge in [0.15, 0.2) is 5.78 Å². The van der Waals surface area contributed by atoms with E-state index in [0.29, 0.717) is 36.3 Å². The molecule has 6 rings (SSSR count). The number of rotatable bonds is 4. The number of Topliss-reactive ketones (excluding diaryl/α,β-unsaturated/α-hetero) is 1. The lowest BCUT2D eigenvalue weighted by Gasteiger charge is -2.39. The molecule has 6 heteroatoms. The SMILES string of the molecule is Cc1ccc(-c2ccccc2C(=O)Nc2ccc(C(=O)N3C[C@H]4CC(=O)CN4c4ccccc43)cc2)cc1. The first-order valence-electron chi connectivity index (χ1n) is 12.7. The van der Waals surface area contributed by atoms with Gasteiger partial charge in [0.1, 0.15) is 0 Å². The average molecular weight is 502 g/mol. The Morgan fingerprint density at radius 1 is 0.816 bits per heavy atom. The van der Waals surface area contributed by atoms with Crippen molar-refractivity contribution in [1.29, 1.82) is 0 Å². The smallest absolute Gasteiger partial charge is 0.258 e. The van der Waals surface area contributed by atoms with E-state index in [4.69, 9.17) is 0 Å². The van der Waals surface area contributed by atoms with Crippen LogP contribution in [-0.2, 0) is 4.79 Å². The van der Waals surface area contributed by atoms with E-state index in [2.05, 4.69) is 10.2 Å². The molecule has 1 saturated heterocycles. The number of carbonyl (C=O) groups excluding carboxylic acids is 3. The fourth-order valence-corrected chi connectivity index (χ4v) is 5.35. The van der Waals surface area contributed by atoms with Crippen LogP contribution < -0.4 is 15.1 Å². The van der Waals surface area contributed by atoms with Gasteiger partial charge in [-0.3, -0.25) is 14.4 Å². The van der Waals surface area contributed by atoms with E-state index in [1.54, 1.807) is 29.2 Å². The molecule has 6 nitrogen and oxygen atoms in total. The molecular weight excluding hydrogens is 474 g/mol. The Morgan fingerprint density at radius 3 is 2.26 bits per heavy atom. The van der Waals surface area contributed by atoms with Crippen LogP contribution in [0.2, 0.25) is 0 Å². The van der Waals surface area contributed by atoms with E-state index >= 15 is 0 Å². The Bertz CT molecular complexity index is 1540. The van der Waals surface area contributed by atoms with Crippen LogP contribution >= 0.6 is 0 Å². The van der Waals surface area contributed by atoms with E-state index in [9.17, 15) is 14.4 Å². The molecule has 0 aromatic heterocycles. The molecule has 1 fully saturated rings. The normalized spacial score (nSPS) is 16.1. The number of hydrogen-bond acceptors (Lipinski definition) is 4. The van der Waals surface area contributed by atoms with Gasteiger partial charge in [-0.1, -0.05) is 60.2 Å². The minimum absolute atomic E-state index is 0.00601. The van der Waals surface area contributed by atoms with Gasteiger partial charge < -0.3 is 15.1 Å². The number of aryl methyl sites for hydroxylation is 1. The molecule has 1 N–H and O–H groups in total. The minimum Gasteiger partial charge on any atom is -0.357 e. The maximum absolute atomic E-state index is 13.5. The second kappa shape index (κ2) is 9.63. The van der Waals surface area contributed by atoms with Gasteiger partial charge in [-0.05, 0) is 60.5 Å². The first-order chi connectivity index (χ1) is 18.5. The second-order valence-electron chi connectivity index (χ2n) is 9.87. The van der Waals surface area contributed by atoms with E-state index < -0.39 is 0 Å². The molecule has 0 unspecified atom stereocenters. The van der Waals surface area contributed by atoms with Crippen molar-refractivity contribution in [2.24, 2.45) is 0 Å². The maximum atomic E-state index is 13.5. The zero-order valence-corrected chi connectivity index (χ0v) is 21.1. The van der Waals surface area contributed by atoms with Crippen molar-refractivity contribution in [3.63, 3.8) is 0 Å². The third-order valence-corrected chi connectivity index (χ3v) is 7.30. The molecule has 2 aliphatic heterocycles. The monoisotopic (exact) mass is 501 g/mol. The summed E-state index contributed by atoms with van der Waals surface area (Å²) in [5.41, 5.74) is 6.44. The highest BCUT2D eigenvalue weighted by Gasteiger charge is 2.39. The lowest BCUT2D eigenvalue weighted by Crippen LogP contribution is -2.48. The predicted octanol–water partition coefficient (Wildman–Crippen LogP) is 5.72. The number of ketones is 1. The van der Waals surface area contributed by atoms with Crippen molar-refractivity contribution in [3.05, 3.63) is 114 Å². The van der Waals surface area contributed by atoms with Crippen LogP contribution in [0.15, 0.2) is 97.1 Å². The summed E-state index contributed by atoms with van der Waals surface area (Å²) in [7, 11) is 0. The Kier molecular flexibility index (Phi) is 6.00. The fraction of sp³-hybridized carbons (Fsp3) is 0.156. The molecule has 38 heavy (non-hydrogen) atoms. The van der Waals surface area contributed by atoms with Gasteiger partial charge in [0.05, 0.1) is 24.0 Å². The van der Waals surface area contributed by atoms with E-state index in [0.717, 1.165) is 28.1 Å². The summed E-state index contributed by atoms with van der Waals surface area (Å²) < 4.78 is 0. The van der Waals surface area contributed by atoms with Crippen molar-refractivity contribution in [2.75, 3.05) is 28.2 Å². The fourth-order valence-electron chi connectivity index (χ4n) is 5.35. The molecule has 0 aliphatic carbocycles. The predicted molar refractivity (Wildman–Crippen MR) is 150 cm³/mol. The standard InChI is InChI=1S/C32H27N3O3/c1-21-10-12-22(13-11-21)27-6-2-3-7-28(27)31(37)33-24-16-14-23(15-17-24)32(38)35-19-25-18-26(36)20-34(25)29-8-4-5-9-30(29)35/h2-17,25H,18-20H2,1H3,(H,33,37)/t25-/m1/s1. The van der Waals surface area contributed by atoms with Crippen molar-refractivity contribution in [2.45, 2.75) is 19.4 Å². The summed E-state index contributed by atoms with van der Waals surface area (Å²) in [5, 5.41) is 2.97. The third kappa shape index (κ3) is 4.34. The zero-order valence-electron chi connectivity index (χ0n) is 21.1. The third-order valence-electron chi connectivity index (χ3n) is 7.30. The van der Waals surface area contributed by atoms with Gasteiger partial charge in [0.2, 0.25) is 0 Å². The van der Waals surface area contributed by atoms with E-state index in [1.165, 1.54) is 0 Å². The molecular formula is C32H27N3O3. The van der Waals surface area contributed by atoms with Crippen molar-refractivity contribution >= 4 is 34.7 Å². The highest BCUT2D eigenvalue weighted by Crippen LogP contribution is 2.39. The van der Waals surface area contributed by atoms with Crippen molar-refractivity contribution in [1.82, 2.24) is 0 Å². The number of anilines is 3. The van der Waals surface area contributed by atoms with Crippen LogP contribution in [0.5, 0.6) is 0 Å². The lowest BCUT2D eigenvalue weighted by atomic mass is 9.98. The van der Waals surface area contributed by atoms with Crippen LogP contribution in [0.1, 0.15) is 32.7 Å². The molecule has 0 bridgehead atoms. The van der Waals surface area contributed by atoms with Crippen molar-refractivity contribution < 1.29 is 14.4 Å². The minimum atomic E-state index is -0.212. The van der Waals surface area contributed by atoms with Crippen LogP contribution in [-0.4, -0.2) is 36.7 Å². The number of carbonyl (C=O) groups is 3. The van der Waals surface area contributed by atoms with Gasteiger partial charge in [-0.15, -0.1) is 0 Å². The van der Waals surface area contributed by atoms with Gasteiger partial charge in [0, 0.05) is 29.8 Å². The van der Waals surface area contributed by atoms with Gasteiger partial charge in [-0.2, -0.15) is 0 Å². The molecule has 2 amide bonds. The molecule has 4 aromatic carbocycles. The van der Waals surface area contributed by atoms with Gasteiger partial charge in [-0.25, -0.2) is 0 Å². The molecule has 2 aliphatic rings. The first-order valence-corrected chi connectivity index (χ1v) is 12.7. The van der Waals surface area contributed by atoms with E-state index in [-0.39, 0.29) is 23.6 Å². The number of para-hydroxylation sites is 2. The molecule has 188 valence electrons. The molecule has 1 atom stereocenters. The summed E-state index contributed by atoms with van der Waals surface area (Å²) in [6, 6.07) is 30.3. The summed E-state index contributed by atoms with van der Waals surface area (Å²) in [6.45, 7) is 2.90. The summed E-state index contributed by atoms with van der Waals surface area (Å²) >= 11 is 0. The highest BCUT2D eigenvalue weighted by molar-refractivity contribution is 6.11. The summed E-state index contributed by atoms with van der Waals surface area (Å²) in [6.07, 6.45) is 0.452. The Hall–Kier alpha value is -4.71. The maximum Gasteiger partial charge on any atom is 0.258 e. The molecule has 0 radical (unpaired) electrons. The second-order valence-corrected chi connectivity index (χ2v) is 9.87. The number of amides is 2. The van der Waals surface area contributed by atoms with Gasteiger partial charge >= 0.3 is 0 Å². The summed E-state index contributed by atoms with van der Waals surface area (Å²) in [4.78, 5) is 42.7. The lowest BCUT2D eigenvalue weighted by molar-refractivity contribution is -0.116. The Morgan fingerprint density at radius 2 is 1.50 bits per heavy atom. The average Bonchev–Trinajstić information content (AvgIpc) is 3.33. The molecule has 2 heterocycles. The van der Waals surface area contributed by atoms with Crippen LogP contribution in [0.4, 0.5) is 17.1 Å². The summed E-state index contributed by atoms with van der Waals surface area (Å²) in [5.74, 6) is -0.140. The molecule has 0 saturated carbocycles. The van der Waals surface area contributed by atoms with E-state index in [1.807, 2.05) is 79.7 Å². The number of fused-ring (bicyclic) bond motifs is 3. The zero-order chi connectivity index (χ0) is 26.2. The number of benzene rings is 4. The van der Waals surface area contributed by atoms with Crippen molar-refractivity contribution in [3.8, 4) is 11.1 Å². The highest BCUT2D eigenvalue weighted by atomic mass is 16.2. The van der Waals surface area contributed by atoms with Crippen LogP contribution in [0, 0.1) is 6.92 Å². The number of nitrogens with zero attached hydrogens (tertiary/aromatic N) is 2. The molecule has 0 spiro atoms. The first kappa shape index (κ1) is 23.7.